The molecule has 21 heavy (non-hydrogen) atoms. The van der Waals surface area contributed by atoms with Crippen molar-refractivity contribution in [2.75, 3.05) is 18.0 Å². The second-order valence-corrected chi connectivity index (χ2v) is 5.29. The number of carboxylic acid groups (broad SMARTS) is 1. The first-order chi connectivity index (χ1) is 9.95. The van der Waals surface area contributed by atoms with Crippen molar-refractivity contribution in [2.45, 2.75) is 25.7 Å². The van der Waals surface area contributed by atoms with E-state index in [1.807, 2.05) is 4.90 Å². The van der Waals surface area contributed by atoms with E-state index in [-0.39, 0.29) is 12.1 Å². The van der Waals surface area contributed by atoms with Crippen molar-refractivity contribution in [2.24, 2.45) is 5.92 Å². The number of rotatable bonds is 5. The zero-order chi connectivity index (χ0) is 15.4. The molecule has 0 radical (unpaired) electrons. The molecule has 1 aliphatic rings. The molecule has 1 aliphatic heterocycles. The van der Waals surface area contributed by atoms with Gasteiger partial charge in [0.1, 0.15) is 5.82 Å². The fourth-order valence-corrected chi connectivity index (χ4v) is 2.65. The summed E-state index contributed by atoms with van der Waals surface area (Å²) in [6.07, 6.45) is 2.44. The molecule has 0 aromatic heterocycles. The second kappa shape index (κ2) is 6.51. The van der Waals surface area contributed by atoms with E-state index in [9.17, 15) is 19.3 Å². The molecular weight excluding hydrogens is 279 g/mol. The fraction of sp³-hybridized carbons (Fsp3) is 0.500. The molecule has 0 aliphatic carbocycles. The number of halogens is 1. The van der Waals surface area contributed by atoms with Gasteiger partial charge in [0.25, 0.3) is 5.69 Å². The molecule has 114 valence electrons. The van der Waals surface area contributed by atoms with Crippen LogP contribution in [0.5, 0.6) is 0 Å². The van der Waals surface area contributed by atoms with E-state index in [2.05, 4.69) is 0 Å². The van der Waals surface area contributed by atoms with Gasteiger partial charge in [-0.2, -0.15) is 0 Å². The average Bonchev–Trinajstić information content (AvgIpc) is 2.45. The van der Waals surface area contributed by atoms with Crippen LogP contribution in [0.15, 0.2) is 18.2 Å². The van der Waals surface area contributed by atoms with Crippen LogP contribution in [0.4, 0.5) is 15.8 Å². The molecule has 2 rings (SSSR count). The Kier molecular flexibility index (Phi) is 4.72. The molecule has 1 N–H and O–H groups in total. The number of carbonyl (C=O) groups is 1. The van der Waals surface area contributed by atoms with Crippen molar-refractivity contribution in [3.8, 4) is 0 Å². The van der Waals surface area contributed by atoms with E-state index in [1.54, 1.807) is 0 Å². The minimum absolute atomic E-state index is 0.163. The molecule has 0 bridgehead atoms. The topological polar surface area (TPSA) is 83.7 Å². The maximum absolute atomic E-state index is 13.4. The Morgan fingerprint density at radius 1 is 1.38 bits per heavy atom. The lowest BCUT2D eigenvalue weighted by Gasteiger charge is -2.33. The van der Waals surface area contributed by atoms with E-state index >= 15 is 0 Å². The highest BCUT2D eigenvalue weighted by Gasteiger charge is 2.22. The van der Waals surface area contributed by atoms with Gasteiger partial charge in [-0.3, -0.25) is 14.9 Å². The minimum Gasteiger partial charge on any atom is -0.481 e. The van der Waals surface area contributed by atoms with Crippen LogP contribution in [0.3, 0.4) is 0 Å². The number of piperidine rings is 1. The van der Waals surface area contributed by atoms with Gasteiger partial charge in [-0.05, 0) is 31.2 Å². The third-order valence-corrected chi connectivity index (χ3v) is 3.82. The summed E-state index contributed by atoms with van der Waals surface area (Å²) >= 11 is 0. The molecule has 6 nitrogen and oxygen atoms in total. The molecular formula is C14H17FN2O4. The Hall–Kier alpha value is -2.18. The van der Waals surface area contributed by atoms with Gasteiger partial charge in [-0.25, -0.2) is 4.39 Å². The van der Waals surface area contributed by atoms with Crippen LogP contribution in [0.25, 0.3) is 0 Å². The van der Waals surface area contributed by atoms with Crippen molar-refractivity contribution < 1.29 is 19.2 Å². The molecule has 0 unspecified atom stereocenters. The monoisotopic (exact) mass is 296 g/mol. The van der Waals surface area contributed by atoms with Gasteiger partial charge >= 0.3 is 5.97 Å². The van der Waals surface area contributed by atoms with Gasteiger partial charge in [0.05, 0.1) is 11.0 Å². The number of nitrogens with zero attached hydrogens (tertiary/aromatic N) is 2. The Bertz CT molecular complexity index is 542. The maximum Gasteiger partial charge on any atom is 0.303 e. The predicted octanol–water partition coefficient (Wildman–Crippen LogP) is 2.82. The Morgan fingerprint density at radius 2 is 2.05 bits per heavy atom. The first-order valence-corrected chi connectivity index (χ1v) is 6.87. The summed E-state index contributed by atoms with van der Waals surface area (Å²) in [5.74, 6) is -1.06. The SMILES string of the molecule is O=C(O)CCC1CCN(c2cc(F)cc([N+](=O)[O-])c2)CC1. The van der Waals surface area contributed by atoms with E-state index < -0.39 is 16.7 Å². The normalized spacial score (nSPS) is 16.0. The molecule has 1 aromatic rings. The number of benzene rings is 1. The maximum atomic E-state index is 13.4. The highest BCUT2D eigenvalue weighted by Crippen LogP contribution is 2.29. The summed E-state index contributed by atoms with van der Waals surface area (Å²) in [6, 6.07) is 3.58. The Morgan fingerprint density at radius 3 is 2.62 bits per heavy atom. The van der Waals surface area contributed by atoms with Crippen LogP contribution in [0.1, 0.15) is 25.7 Å². The largest absolute Gasteiger partial charge is 0.481 e. The first kappa shape index (κ1) is 15.2. The summed E-state index contributed by atoms with van der Waals surface area (Å²) in [7, 11) is 0. The van der Waals surface area contributed by atoms with Crippen molar-refractivity contribution in [3.63, 3.8) is 0 Å². The van der Waals surface area contributed by atoms with Crippen molar-refractivity contribution in [1.82, 2.24) is 0 Å². The van der Waals surface area contributed by atoms with Crippen LogP contribution in [-0.2, 0) is 4.79 Å². The molecule has 0 spiro atoms. The molecule has 1 heterocycles. The zero-order valence-corrected chi connectivity index (χ0v) is 11.5. The summed E-state index contributed by atoms with van der Waals surface area (Å²) in [6.45, 7) is 1.32. The summed E-state index contributed by atoms with van der Waals surface area (Å²) < 4.78 is 13.4. The summed E-state index contributed by atoms with van der Waals surface area (Å²) in [4.78, 5) is 22.6. The fourth-order valence-electron chi connectivity index (χ4n) is 2.65. The van der Waals surface area contributed by atoms with Crippen LogP contribution in [0.2, 0.25) is 0 Å². The molecule has 7 heteroatoms. The number of hydrogen-bond acceptors (Lipinski definition) is 4. The molecule has 1 saturated heterocycles. The first-order valence-electron chi connectivity index (χ1n) is 6.87. The molecule has 0 amide bonds. The lowest BCUT2D eigenvalue weighted by molar-refractivity contribution is -0.385. The van der Waals surface area contributed by atoms with E-state index in [4.69, 9.17) is 5.11 Å². The van der Waals surface area contributed by atoms with Crippen LogP contribution < -0.4 is 4.90 Å². The predicted molar refractivity (Wildman–Crippen MR) is 74.9 cm³/mol. The highest BCUT2D eigenvalue weighted by atomic mass is 19.1. The third-order valence-electron chi connectivity index (χ3n) is 3.82. The van der Waals surface area contributed by atoms with Crippen molar-refractivity contribution in [1.29, 1.82) is 0 Å². The lowest BCUT2D eigenvalue weighted by atomic mass is 9.92. The molecule has 1 aromatic carbocycles. The Labute approximate surface area is 121 Å². The number of non-ortho nitro benzene ring substituents is 1. The van der Waals surface area contributed by atoms with E-state index in [0.29, 0.717) is 31.1 Å². The summed E-state index contributed by atoms with van der Waals surface area (Å²) in [5, 5.41) is 19.4. The Balaban J connectivity index is 1.99. The van der Waals surface area contributed by atoms with Gasteiger partial charge in [-0.1, -0.05) is 0 Å². The smallest absolute Gasteiger partial charge is 0.303 e. The van der Waals surface area contributed by atoms with Gasteiger partial charge in [0, 0.05) is 31.3 Å². The molecule has 0 atom stereocenters. The minimum atomic E-state index is -0.793. The zero-order valence-electron chi connectivity index (χ0n) is 11.5. The van der Waals surface area contributed by atoms with Gasteiger partial charge in [0.2, 0.25) is 0 Å². The number of aliphatic carboxylic acids is 1. The highest BCUT2D eigenvalue weighted by molar-refractivity contribution is 5.66. The number of hydrogen-bond donors (Lipinski definition) is 1. The van der Waals surface area contributed by atoms with Gasteiger partial charge in [0.15, 0.2) is 0 Å². The lowest BCUT2D eigenvalue weighted by Crippen LogP contribution is -2.33. The summed E-state index contributed by atoms with van der Waals surface area (Å²) in [5.41, 5.74) is 0.261. The standard InChI is InChI=1S/C14H17FN2O4/c15-11-7-12(9-13(8-11)17(20)21)16-5-3-10(4-6-16)1-2-14(18)19/h7-10H,1-6H2,(H,18,19). The van der Waals surface area contributed by atoms with Gasteiger partial charge in [-0.15, -0.1) is 0 Å². The van der Waals surface area contributed by atoms with Crippen molar-refractivity contribution in [3.05, 3.63) is 34.1 Å². The quantitative estimate of drug-likeness (QED) is 0.667. The number of nitro benzene ring substituents is 1. The van der Waals surface area contributed by atoms with Crippen molar-refractivity contribution >= 4 is 17.3 Å². The molecule has 1 fully saturated rings. The van der Waals surface area contributed by atoms with E-state index in [0.717, 1.165) is 18.9 Å². The second-order valence-electron chi connectivity index (χ2n) is 5.29. The number of nitro groups is 1. The van der Waals surface area contributed by atoms with Crippen LogP contribution >= 0.6 is 0 Å². The van der Waals surface area contributed by atoms with Crippen LogP contribution in [0, 0.1) is 21.8 Å². The number of carboxylic acids is 1. The molecule has 0 saturated carbocycles. The van der Waals surface area contributed by atoms with Gasteiger partial charge < -0.3 is 10.0 Å². The average molecular weight is 296 g/mol. The number of anilines is 1. The van der Waals surface area contributed by atoms with Crippen LogP contribution in [-0.4, -0.2) is 29.1 Å². The third kappa shape index (κ3) is 4.14. The van der Waals surface area contributed by atoms with E-state index in [1.165, 1.54) is 12.1 Å².